The van der Waals surface area contributed by atoms with E-state index in [1.54, 1.807) is 18.2 Å². The summed E-state index contributed by atoms with van der Waals surface area (Å²) in [4.78, 5) is 0. The lowest BCUT2D eigenvalue weighted by molar-refractivity contribution is 0.566. The third-order valence-electron chi connectivity index (χ3n) is 2.90. The van der Waals surface area contributed by atoms with Crippen LogP contribution in [-0.4, -0.2) is 0 Å². The molecule has 4 heteroatoms. The van der Waals surface area contributed by atoms with Crippen LogP contribution in [0.5, 0.6) is 0 Å². The van der Waals surface area contributed by atoms with Crippen LogP contribution in [0.1, 0.15) is 24.1 Å². The molecule has 0 fully saturated rings. The van der Waals surface area contributed by atoms with Crippen molar-refractivity contribution >= 4 is 11.6 Å². The summed E-state index contributed by atoms with van der Waals surface area (Å²) in [6.07, 6.45) is 0. The Morgan fingerprint density at radius 2 is 1.74 bits per heavy atom. The molecule has 0 bridgehead atoms. The Kier molecular flexibility index (Phi) is 4.51. The van der Waals surface area contributed by atoms with E-state index < -0.39 is 0 Å². The minimum absolute atomic E-state index is 0.0441. The SMILES string of the molecule is C[C@H](NCc1cc(F)cc(Cl)c1)c1ccc(F)cc1. The van der Waals surface area contributed by atoms with Gasteiger partial charge in [-0.1, -0.05) is 23.7 Å². The van der Waals surface area contributed by atoms with E-state index in [0.717, 1.165) is 11.1 Å². The molecule has 1 N–H and O–H groups in total. The Morgan fingerprint density at radius 3 is 2.37 bits per heavy atom. The number of nitrogens with one attached hydrogen (secondary N) is 1. The Bertz CT molecular complexity index is 534. The fraction of sp³-hybridized carbons (Fsp3) is 0.200. The zero-order chi connectivity index (χ0) is 13.8. The number of hydrogen-bond donors (Lipinski definition) is 1. The predicted molar refractivity (Wildman–Crippen MR) is 73.1 cm³/mol. The molecule has 0 amide bonds. The maximum atomic E-state index is 13.2. The molecule has 0 saturated heterocycles. The summed E-state index contributed by atoms with van der Waals surface area (Å²) in [7, 11) is 0. The quantitative estimate of drug-likeness (QED) is 0.872. The zero-order valence-electron chi connectivity index (χ0n) is 10.5. The van der Waals surface area contributed by atoms with Gasteiger partial charge in [0.25, 0.3) is 0 Å². The van der Waals surface area contributed by atoms with Crippen molar-refractivity contribution in [2.45, 2.75) is 19.5 Å². The highest BCUT2D eigenvalue weighted by atomic mass is 35.5. The minimum Gasteiger partial charge on any atom is -0.306 e. The molecule has 0 radical (unpaired) electrons. The maximum Gasteiger partial charge on any atom is 0.125 e. The fourth-order valence-corrected chi connectivity index (χ4v) is 2.10. The van der Waals surface area contributed by atoms with Crippen molar-refractivity contribution in [3.8, 4) is 0 Å². The van der Waals surface area contributed by atoms with E-state index in [0.29, 0.717) is 11.6 Å². The molecule has 0 aliphatic heterocycles. The Labute approximate surface area is 116 Å². The van der Waals surface area contributed by atoms with Crippen LogP contribution in [0.2, 0.25) is 5.02 Å². The van der Waals surface area contributed by atoms with E-state index in [1.807, 2.05) is 6.92 Å². The molecule has 0 spiro atoms. The Balaban J connectivity index is 1.99. The maximum absolute atomic E-state index is 13.2. The molecule has 0 saturated carbocycles. The lowest BCUT2D eigenvalue weighted by Gasteiger charge is -2.14. The minimum atomic E-state index is -0.348. The average Bonchev–Trinajstić information content (AvgIpc) is 2.36. The summed E-state index contributed by atoms with van der Waals surface area (Å²) in [6.45, 7) is 2.46. The molecule has 100 valence electrons. The van der Waals surface area contributed by atoms with Crippen LogP contribution < -0.4 is 5.32 Å². The van der Waals surface area contributed by atoms with Crippen molar-refractivity contribution in [3.63, 3.8) is 0 Å². The largest absolute Gasteiger partial charge is 0.306 e. The standard InChI is InChI=1S/C15H14ClF2N/c1-10(12-2-4-14(17)5-3-12)19-9-11-6-13(16)8-15(18)7-11/h2-8,10,19H,9H2,1H3/t10-/m0/s1. The van der Waals surface area contributed by atoms with Gasteiger partial charge in [0.05, 0.1) is 0 Å². The van der Waals surface area contributed by atoms with Crippen molar-refractivity contribution < 1.29 is 8.78 Å². The van der Waals surface area contributed by atoms with Gasteiger partial charge in [-0.05, 0) is 48.4 Å². The van der Waals surface area contributed by atoms with E-state index in [2.05, 4.69) is 5.32 Å². The van der Waals surface area contributed by atoms with Crippen LogP contribution in [0.3, 0.4) is 0 Å². The van der Waals surface area contributed by atoms with Crippen LogP contribution in [0.15, 0.2) is 42.5 Å². The van der Waals surface area contributed by atoms with Crippen molar-refractivity contribution in [1.82, 2.24) is 5.32 Å². The molecule has 0 heterocycles. The summed E-state index contributed by atoms with van der Waals surface area (Å²) in [5, 5.41) is 3.62. The third kappa shape index (κ3) is 4.01. The first-order chi connectivity index (χ1) is 9.04. The van der Waals surface area contributed by atoms with Crippen LogP contribution in [0.25, 0.3) is 0 Å². The first kappa shape index (κ1) is 14.0. The molecule has 19 heavy (non-hydrogen) atoms. The summed E-state index contributed by atoms with van der Waals surface area (Å²) in [6, 6.07) is 10.8. The van der Waals surface area contributed by atoms with E-state index in [4.69, 9.17) is 11.6 Å². The van der Waals surface area contributed by atoms with Crippen LogP contribution in [-0.2, 0) is 6.54 Å². The highest BCUT2D eigenvalue weighted by molar-refractivity contribution is 6.30. The average molecular weight is 282 g/mol. The molecular formula is C15H14ClF2N. The fourth-order valence-electron chi connectivity index (χ4n) is 1.85. The highest BCUT2D eigenvalue weighted by Gasteiger charge is 2.06. The molecule has 2 rings (SSSR count). The molecule has 0 aromatic heterocycles. The van der Waals surface area contributed by atoms with Crippen molar-refractivity contribution in [2.24, 2.45) is 0 Å². The predicted octanol–water partition coefficient (Wildman–Crippen LogP) is 4.47. The van der Waals surface area contributed by atoms with Gasteiger partial charge in [0.1, 0.15) is 11.6 Å². The van der Waals surface area contributed by atoms with Gasteiger partial charge in [0, 0.05) is 17.6 Å². The van der Waals surface area contributed by atoms with Crippen molar-refractivity contribution in [2.75, 3.05) is 0 Å². The summed E-state index contributed by atoms with van der Waals surface area (Å²) < 4.78 is 26.0. The highest BCUT2D eigenvalue weighted by Crippen LogP contribution is 2.16. The molecule has 1 atom stereocenters. The second kappa shape index (κ2) is 6.13. The van der Waals surface area contributed by atoms with Gasteiger partial charge in [-0.15, -0.1) is 0 Å². The second-order valence-electron chi connectivity index (χ2n) is 4.43. The lowest BCUT2D eigenvalue weighted by Crippen LogP contribution is -2.18. The number of rotatable bonds is 4. The lowest BCUT2D eigenvalue weighted by atomic mass is 10.1. The molecular weight excluding hydrogens is 268 g/mol. The van der Waals surface area contributed by atoms with Gasteiger partial charge in [-0.3, -0.25) is 0 Å². The van der Waals surface area contributed by atoms with Crippen molar-refractivity contribution in [1.29, 1.82) is 0 Å². The van der Waals surface area contributed by atoms with Crippen LogP contribution in [0.4, 0.5) is 8.78 Å². The first-order valence-corrected chi connectivity index (χ1v) is 6.36. The smallest absolute Gasteiger partial charge is 0.125 e. The van der Waals surface area contributed by atoms with Gasteiger partial charge in [0.2, 0.25) is 0 Å². The summed E-state index contributed by atoms with van der Waals surface area (Å²) >= 11 is 5.79. The molecule has 0 unspecified atom stereocenters. The Morgan fingerprint density at radius 1 is 1.05 bits per heavy atom. The monoisotopic (exact) mass is 281 g/mol. The first-order valence-electron chi connectivity index (χ1n) is 5.98. The Hall–Kier alpha value is -1.45. The van der Waals surface area contributed by atoms with Gasteiger partial charge >= 0.3 is 0 Å². The van der Waals surface area contributed by atoms with Gasteiger partial charge in [-0.2, -0.15) is 0 Å². The normalized spacial score (nSPS) is 12.4. The zero-order valence-corrected chi connectivity index (χ0v) is 11.2. The van der Waals surface area contributed by atoms with E-state index in [9.17, 15) is 8.78 Å². The number of benzene rings is 2. The van der Waals surface area contributed by atoms with Crippen LogP contribution in [0, 0.1) is 11.6 Å². The third-order valence-corrected chi connectivity index (χ3v) is 3.12. The van der Waals surface area contributed by atoms with Gasteiger partial charge in [0.15, 0.2) is 0 Å². The number of hydrogen-bond acceptors (Lipinski definition) is 1. The van der Waals surface area contributed by atoms with Gasteiger partial charge < -0.3 is 5.32 Å². The van der Waals surface area contributed by atoms with Gasteiger partial charge in [-0.25, -0.2) is 8.78 Å². The van der Waals surface area contributed by atoms with Crippen molar-refractivity contribution in [3.05, 3.63) is 70.2 Å². The van der Waals surface area contributed by atoms with E-state index >= 15 is 0 Å². The molecule has 1 nitrogen and oxygen atoms in total. The molecule has 2 aromatic rings. The van der Waals surface area contributed by atoms with E-state index in [-0.39, 0.29) is 17.7 Å². The summed E-state index contributed by atoms with van der Waals surface area (Å²) in [5.41, 5.74) is 1.75. The van der Waals surface area contributed by atoms with Crippen LogP contribution >= 0.6 is 11.6 Å². The van der Waals surface area contributed by atoms with E-state index in [1.165, 1.54) is 24.3 Å². The second-order valence-corrected chi connectivity index (χ2v) is 4.87. The number of halogens is 3. The topological polar surface area (TPSA) is 12.0 Å². The molecule has 0 aliphatic rings. The summed E-state index contributed by atoms with van der Waals surface area (Å²) in [5.74, 6) is -0.605. The molecule has 2 aromatic carbocycles. The molecule has 0 aliphatic carbocycles.